The number of nitrogens with two attached hydrogens (primary N) is 1. The van der Waals surface area contributed by atoms with E-state index < -0.39 is 5.97 Å². The van der Waals surface area contributed by atoms with Gasteiger partial charge in [0.05, 0.1) is 17.4 Å². The number of carboxylic acid groups (broad SMARTS) is 1. The first kappa shape index (κ1) is 12.6. The van der Waals surface area contributed by atoms with Gasteiger partial charge in [-0.15, -0.1) is 0 Å². The van der Waals surface area contributed by atoms with E-state index in [4.69, 9.17) is 15.6 Å². The molecule has 0 aliphatic heterocycles. The number of nitrogen functional groups attached to an aromatic ring is 1. The summed E-state index contributed by atoms with van der Waals surface area (Å²) in [5, 5.41) is 12.2. The van der Waals surface area contributed by atoms with Gasteiger partial charge in [0.1, 0.15) is 5.82 Å². The van der Waals surface area contributed by atoms with Gasteiger partial charge in [-0.2, -0.15) is 0 Å². The Morgan fingerprint density at radius 1 is 1.61 bits per heavy atom. The third-order valence-corrected chi connectivity index (χ3v) is 3.28. The first-order valence-electron chi connectivity index (χ1n) is 5.89. The molecule has 0 spiro atoms. The second kappa shape index (κ2) is 5.22. The average Bonchev–Trinajstić information content (AvgIpc) is 2.79. The van der Waals surface area contributed by atoms with Crippen molar-refractivity contribution in [3.63, 3.8) is 0 Å². The fraction of sp³-hybridized carbons (Fsp3) is 0.500. The van der Waals surface area contributed by atoms with Crippen LogP contribution in [0.25, 0.3) is 0 Å². The molecule has 6 heteroatoms. The summed E-state index contributed by atoms with van der Waals surface area (Å²) in [6, 6.07) is 1.63. The molecule has 0 bridgehead atoms. The predicted molar refractivity (Wildman–Crippen MR) is 67.7 cm³/mol. The highest BCUT2D eigenvalue weighted by atomic mass is 16.5. The van der Waals surface area contributed by atoms with Crippen molar-refractivity contribution in [2.75, 3.05) is 18.2 Å². The Balaban J connectivity index is 2.10. The van der Waals surface area contributed by atoms with E-state index in [1.54, 1.807) is 7.11 Å². The Morgan fingerprint density at radius 3 is 3.00 bits per heavy atom. The lowest BCUT2D eigenvalue weighted by molar-refractivity contribution is 0.0698. The fourth-order valence-corrected chi connectivity index (χ4v) is 2.25. The van der Waals surface area contributed by atoms with Gasteiger partial charge >= 0.3 is 5.97 Å². The molecule has 1 saturated carbocycles. The smallest absolute Gasteiger partial charge is 0.337 e. The molecule has 2 atom stereocenters. The number of hydrogen-bond donors (Lipinski definition) is 3. The number of carboxylic acids is 1. The first-order valence-corrected chi connectivity index (χ1v) is 5.89. The minimum atomic E-state index is -1.04. The quantitative estimate of drug-likeness (QED) is 0.747. The Kier molecular flexibility index (Phi) is 3.66. The second-order valence-electron chi connectivity index (χ2n) is 4.44. The minimum absolute atomic E-state index is 0.0776. The van der Waals surface area contributed by atoms with Crippen LogP contribution in [-0.4, -0.2) is 35.3 Å². The molecule has 4 N–H and O–H groups in total. The third kappa shape index (κ3) is 2.53. The predicted octanol–water partition coefficient (Wildman–Crippen LogP) is 1.34. The number of hydrogen-bond acceptors (Lipinski definition) is 5. The minimum Gasteiger partial charge on any atom is -0.478 e. The van der Waals surface area contributed by atoms with Crippen LogP contribution >= 0.6 is 0 Å². The summed E-state index contributed by atoms with van der Waals surface area (Å²) in [4.78, 5) is 15.0. The van der Waals surface area contributed by atoms with Gasteiger partial charge in [0.25, 0.3) is 0 Å². The van der Waals surface area contributed by atoms with Gasteiger partial charge in [-0.25, -0.2) is 9.78 Å². The van der Waals surface area contributed by atoms with Gasteiger partial charge in [0.15, 0.2) is 0 Å². The number of aromatic carboxylic acids is 1. The van der Waals surface area contributed by atoms with Gasteiger partial charge in [0.2, 0.25) is 0 Å². The summed E-state index contributed by atoms with van der Waals surface area (Å²) < 4.78 is 5.29. The number of rotatable bonds is 4. The highest BCUT2D eigenvalue weighted by Crippen LogP contribution is 2.27. The van der Waals surface area contributed by atoms with Crippen molar-refractivity contribution >= 4 is 17.5 Å². The van der Waals surface area contributed by atoms with Gasteiger partial charge in [-0.05, 0) is 25.3 Å². The van der Waals surface area contributed by atoms with Crippen LogP contribution in [0.5, 0.6) is 0 Å². The van der Waals surface area contributed by atoms with Crippen molar-refractivity contribution < 1.29 is 14.6 Å². The van der Waals surface area contributed by atoms with Crippen molar-refractivity contribution in [1.29, 1.82) is 0 Å². The van der Waals surface area contributed by atoms with Crippen molar-refractivity contribution in [2.24, 2.45) is 0 Å². The monoisotopic (exact) mass is 251 g/mol. The maximum Gasteiger partial charge on any atom is 0.337 e. The van der Waals surface area contributed by atoms with Crippen LogP contribution in [0.1, 0.15) is 29.6 Å². The van der Waals surface area contributed by atoms with Crippen LogP contribution < -0.4 is 11.1 Å². The molecule has 2 rings (SSSR count). The molecule has 98 valence electrons. The number of carbonyl (C=O) groups is 1. The average molecular weight is 251 g/mol. The molecule has 1 heterocycles. The van der Waals surface area contributed by atoms with Crippen LogP contribution in [0.3, 0.4) is 0 Å². The molecule has 18 heavy (non-hydrogen) atoms. The van der Waals surface area contributed by atoms with E-state index in [0.29, 0.717) is 5.82 Å². The standard InChI is InChI=1S/C12H17N3O3/c1-18-8-3-2-7(6-8)15-11-10(13)9(12(16)17)4-5-14-11/h4-5,7-8H,2-3,6,13H2,1H3,(H,14,15)(H,16,17). The highest BCUT2D eigenvalue weighted by Gasteiger charge is 2.25. The number of methoxy groups -OCH3 is 1. The summed E-state index contributed by atoms with van der Waals surface area (Å²) in [5.74, 6) is -0.601. The van der Waals surface area contributed by atoms with Gasteiger partial charge < -0.3 is 20.9 Å². The molecule has 0 amide bonds. The summed E-state index contributed by atoms with van der Waals surface area (Å²) in [7, 11) is 1.70. The van der Waals surface area contributed by atoms with E-state index in [0.717, 1.165) is 19.3 Å². The molecule has 0 radical (unpaired) electrons. The molecule has 1 aromatic rings. The normalized spacial score (nSPS) is 22.9. The Labute approximate surface area is 105 Å². The zero-order valence-electron chi connectivity index (χ0n) is 10.2. The number of aromatic nitrogens is 1. The maximum atomic E-state index is 11.0. The number of anilines is 2. The number of nitrogens with zero attached hydrogens (tertiary/aromatic N) is 1. The van der Waals surface area contributed by atoms with Crippen LogP contribution in [0, 0.1) is 0 Å². The molecule has 0 saturated heterocycles. The summed E-state index contributed by atoms with van der Waals surface area (Å²) >= 11 is 0. The molecule has 6 nitrogen and oxygen atoms in total. The topological polar surface area (TPSA) is 97.5 Å². The zero-order valence-corrected chi connectivity index (χ0v) is 10.2. The van der Waals surface area contributed by atoms with E-state index in [1.165, 1.54) is 12.3 Å². The summed E-state index contributed by atoms with van der Waals surface area (Å²) in [6.07, 6.45) is 4.55. The molecular weight excluding hydrogens is 234 g/mol. The Bertz CT molecular complexity index is 450. The van der Waals surface area contributed by atoms with Crippen molar-refractivity contribution in [2.45, 2.75) is 31.4 Å². The third-order valence-electron chi connectivity index (χ3n) is 3.28. The zero-order chi connectivity index (χ0) is 13.1. The molecule has 1 aliphatic carbocycles. The van der Waals surface area contributed by atoms with Crippen molar-refractivity contribution in [1.82, 2.24) is 4.98 Å². The molecule has 0 aromatic carbocycles. The second-order valence-corrected chi connectivity index (χ2v) is 4.44. The van der Waals surface area contributed by atoms with E-state index in [2.05, 4.69) is 10.3 Å². The number of nitrogens with one attached hydrogen (secondary N) is 1. The van der Waals surface area contributed by atoms with Crippen LogP contribution in [-0.2, 0) is 4.74 Å². The number of ether oxygens (including phenoxy) is 1. The molecule has 1 aliphatic rings. The van der Waals surface area contributed by atoms with Crippen molar-refractivity contribution in [3.05, 3.63) is 17.8 Å². The lowest BCUT2D eigenvalue weighted by Gasteiger charge is -2.15. The highest BCUT2D eigenvalue weighted by molar-refractivity contribution is 5.96. The molecule has 1 fully saturated rings. The molecular formula is C12H17N3O3. The van der Waals surface area contributed by atoms with Crippen LogP contribution in [0.4, 0.5) is 11.5 Å². The lowest BCUT2D eigenvalue weighted by atomic mass is 10.2. The largest absolute Gasteiger partial charge is 0.478 e. The van der Waals surface area contributed by atoms with E-state index >= 15 is 0 Å². The van der Waals surface area contributed by atoms with Crippen LogP contribution in [0.2, 0.25) is 0 Å². The number of pyridine rings is 1. The maximum absolute atomic E-state index is 11.0. The van der Waals surface area contributed by atoms with Gasteiger partial charge in [0, 0.05) is 19.3 Å². The van der Waals surface area contributed by atoms with E-state index in [-0.39, 0.29) is 23.4 Å². The summed E-state index contributed by atoms with van der Waals surface area (Å²) in [5.41, 5.74) is 6.06. The first-order chi connectivity index (χ1) is 8.61. The van der Waals surface area contributed by atoms with Crippen LogP contribution in [0.15, 0.2) is 12.3 Å². The summed E-state index contributed by atoms with van der Waals surface area (Å²) in [6.45, 7) is 0. The van der Waals surface area contributed by atoms with E-state index in [1.807, 2.05) is 0 Å². The fourth-order valence-electron chi connectivity index (χ4n) is 2.25. The molecule has 2 unspecified atom stereocenters. The van der Waals surface area contributed by atoms with E-state index in [9.17, 15) is 4.79 Å². The SMILES string of the molecule is COC1CCC(Nc2nccc(C(=O)O)c2N)C1. The Hall–Kier alpha value is -1.82. The Morgan fingerprint density at radius 2 is 2.39 bits per heavy atom. The van der Waals surface area contributed by atoms with Gasteiger partial charge in [-0.1, -0.05) is 0 Å². The van der Waals surface area contributed by atoms with Gasteiger partial charge in [-0.3, -0.25) is 0 Å². The lowest BCUT2D eigenvalue weighted by Crippen LogP contribution is -2.19. The van der Waals surface area contributed by atoms with Crippen molar-refractivity contribution in [3.8, 4) is 0 Å². The molecule has 1 aromatic heterocycles.